The molecule has 1 fully saturated rings. The summed E-state index contributed by atoms with van der Waals surface area (Å²) in [7, 11) is 0. The van der Waals surface area contributed by atoms with Gasteiger partial charge in [-0.1, -0.05) is 6.92 Å². The van der Waals surface area contributed by atoms with Gasteiger partial charge in [0.25, 0.3) is 0 Å². The molecular weight excluding hydrogens is 228 g/mol. The minimum atomic E-state index is -0.911. The average Bonchev–Trinajstić information content (AvgIpc) is 2.24. The Labute approximate surface area is 99.4 Å². The fourth-order valence-corrected chi connectivity index (χ4v) is 2.67. The Morgan fingerprint density at radius 2 is 2.31 bits per heavy atom. The van der Waals surface area contributed by atoms with Gasteiger partial charge in [0.1, 0.15) is 0 Å². The molecule has 1 aliphatic rings. The number of carboxylic acids is 1. The van der Waals surface area contributed by atoms with Crippen LogP contribution in [-0.2, 0) is 9.59 Å². The fourth-order valence-electron chi connectivity index (χ4n) is 1.66. The molecule has 0 radical (unpaired) electrons. The molecule has 0 bridgehead atoms. The van der Waals surface area contributed by atoms with Gasteiger partial charge in [0.15, 0.2) is 0 Å². The van der Waals surface area contributed by atoms with Crippen molar-refractivity contribution in [3.63, 3.8) is 0 Å². The summed E-state index contributed by atoms with van der Waals surface area (Å²) in [6.07, 6.45) is 0.164. The number of carbonyl (C=O) groups excluding carboxylic acids is 1. The van der Waals surface area contributed by atoms with E-state index in [2.05, 4.69) is 6.92 Å². The summed E-state index contributed by atoms with van der Waals surface area (Å²) in [4.78, 5) is 24.0. The van der Waals surface area contributed by atoms with Gasteiger partial charge in [-0.2, -0.15) is 11.8 Å². The Morgan fingerprint density at radius 1 is 1.62 bits per heavy atom. The molecule has 1 saturated heterocycles. The molecule has 3 N–H and O–H groups in total. The molecule has 5 nitrogen and oxygen atoms in total. The minimum absolute atomic E-state index is 0.0505. The Balaban J connectivity index is 2.40. The number of carbonyl (C=O) groups is 2. The highest BCUT2D eigenvalue weighted by atomic mass is 32.2. The molecule has 1 amide bonds. The molecule has 0 aliphatic carbocycles. The fraction of sp³-hybridized carbons (Fsp3) is 0.800. The lowest BCUT2D eigenvalue weighted by atomic mass is 10.1. The molecule has 0 aromatic rings. The molecule has 1 rings (SSSR count). The smallest absolute Gasteiger partial charge is 0.303 e. The van der Waals surface area contributed by atoms with Crippen LogP contribution >= 0.6 is 11.8 Å². The highest BCUT2D eigenvalue weighted by molar-refractivity contribution is 7.99. The molecule has 2 atom stereocenters. The van der Waals surface area contributed by atoms with Crippen molar-refractivity contribution in [1.29, 1.82) is 0 Å². The third kappa shape index (κ3) is 4.02. The van der Waals surface area contributed by atoms with E-state index in [1.807, 2.05) is 11.8 Å². The van der Waals surface area contributed by atoms with Crippen LogP contribution in [0.4, 0.5) is 0 Å². The lowest BCUT2D eigenvalue weighted by molar-refractivity contribution is -0.137. The summed E-state index contributed by atoms with van der Waals surface area (Å²) in [6, 6.07) is -0.675. The highest BCUT2D eigenvalue weighted by Crippen LogP contribution is 2.18. The van der Waals surface area contributed by atoms with Crippen LogP contribution in [0.1, 0.15) is 19.8 Å². The molecular formula is C10H18N2O3S. The standard InChI is InChI=1S/C10H18N2O3S/c1-7-6-12(4-5-16-7)10(15)8(11)2-3-9(13)14/h7-8H,2-6,11H2,1H3,(H,13,14). The van der Waals surface area contributed by atoms with Crippen molar-refractivity contribution in [3.8, 4) is 0 Å². The zero-order chi connectivity index (χ0) is 12.1. The molecule has 0 spiro atoms. The van der Waals surface area contributed by atoms with E-state index in [9.17, 15) is 9.59 Å². The normalized spacial score (nSPS) is 22.9. The van der Waals surface area contributed by atoms with Crippen molar-refractivity contribution >= 4 is 23.6 Å². The molecule has 0 aromatic heterocycles. The van der Waals surface area contributed by atoms with Crippen LogP contribution in [-0.4, -0.2) is 52.0 Å². The van der Waals surface area contributed by atoms with Gasteiger partial charge in [-0.25, -0.2) is 0 Å². The van der Waals surface area contributed by atoms with Crippen molar-refractivity contribution in [1.82, 2.24) is 4.90 Å². The van der Waals surface area contributed by atoms with Gasteiger partial charge in [0, 0.05) is 30.5 Å². The molecule has 6 heteroatoms. The van der Waals surface area contributed by atoms with E-state index in [1.54, 1.807) is 4.90 Å². The summed E-state index contributed by atoms with van der Waals surface area (Å²) < 4.78 is 0. The first-order chi connectivity index (χ1) is 7.50. The molecule has 1 aliphatic heterocycles. The van der Waals surface area contributed by atoms with E-state index in [-0.39, 0.29) is 18.7 Å². The van der Waals surface area contributed by atoms with E-state index in [0.29, 0.717) is 18.3 Å². The largest absolute Gasteiger partial charge is 0.481 e. The second-order valence-corrected chi connectivity index (χ2v) is 5.55. The number of carboxylic acid groups (broad SMARTS) is 1. The Bertz CT molecular complexity index is 273. The third-order valence-corrected chi connectivity index (χ3v) is 3.68. The maximum atomic E-state index is 11.9. The van der Waals surface area contributed by atoms with Crippen molar-refractivity contribution in [2.75, 3.05) is 18.8 Å². The van der Waals surface area contributed by atoms with Crippen molar-refractivity contribution in [2.24, 2.45) is 5.73 Å². The number of nitrogens with zero attached hydrogens (tertiary/aromatic N) is 1. The van der Waals surface area contributed by atoms with Crippen LogP contribution in [0.25, 0.3) is 0 Å². The third-order valence-electron chi connectivity index (χ3n) is 2.54. The maximum absolute atomic E-state index is 11.9. The molecule has 1 heterocycles. The predicted molar refractivity (Wildman–Crippen MR) is 63.3 cm³/mol. The number of hydrogen-bond acceptors (Lipinski definition) is 4. The highest BCUT2D eigenvalue weighted by Gasteiger charge is 2.25. The minimum Gasteiger partial charge on any atom is -0.481 e. The number of aliphatic carboxylic acids is 1. The lowest BCUT2D eigenvalue weighted by Gasteiger charge is -2.32. The summed E-state index contributed by atoms with van der Waals surface area (Å²) >= 11 is 1.84. The summed E-state index contributed by atoms with van der Waals surface area (Å²) in [6.45, 7) is 3.51. The summed E-state index contributed by atoms with van der Waals surface area (Å²) in [5.41, 5.74) is 5.68. The molecule has 16 heavy (non-hydrogen) atoms. The van der Waals surface area contributed by atoms with Gasteiger partial charge in [0.2, 0.25) is 5.91 Å². The van der Waals surface area contributed by atoms with Gasteiger partial charge in [-0.05, 0) is 6.42 Å². The second-order valence-electron chi connectivity index (χ2n) is 4.00. The van der Waals surface area contributed by atoms with Crippen molar-refractivity contribution < 1.29 is 14.7 Å². The van der Waals surface area contributed by atoms with E-state index in [0.717, 1.165) is 5.75 Å². The van der Waals surface area contributed by atoms with Gasteiger partial charge < -0.3 is 15.7 Å². The van der Waals surface area contributed by atoms with Crippen LogP contribution in [0, 0.1) is 0 Å². The van der Waals surface area contributed by atoms with E-state index < -0.39 is 12.0 Å². The van der Waals surface area contributed by atoms with Crippen LogP contribution in [0.5, 0.6) is 0 Å². The number of nitrogens with two attached hydrogens (primary N) is 1. The van der Waals surface area contributed by atoms with Crippen LogP contribution in [0.3, 0.4) is 0 Å². The Kier molecular flexibility index (Phi) is 5.08. The van der Waals surface area contributed by atoms with Gasteiger partial charge in [-0.15, -0.1) is 0 Å². The molecule has 0 saturated carbocycles. The zero-order valence-electron chi connectivity index (χ0n) is 9.39. The summed E-state index contributed by atoms with van der Waals surface area (Å²) in [5.74, 6) is -0.0994. The van der Waals surface area contributed by atoms with E-state index >= 15 is 0 Å². The average molecular weight is 246 g/mol. The Hall–Kier alpha value is -0.750. The molecule has 0 aromatic carbocycles. The first kappa shape index (κ1) is 13.3. The SMILES string of the molecule is CC1CN(C(=O)C(N)CCC(=O)O)CCS1. The van der Waals surface area contributed by atoms with E-state index in [4.69, 9.17) is 10.8 Å². The van der Waals surface area contributed by atoms with Crippen molar-refractivity contribution in [2.45, 2.75) is 31.1 Å². The van der Waals surface area contributed by atoms with Gasteiger partial charge in [0.05, 0.1) is 6.04 Å². The summed E-state index contributed by atoms with van der Waals surface area (Å²) in [5, 5.41) is 8.95. The van der Waals surface area contributed by atoms with Crippen LogP contribution in [0.15, 0.2) is 0 Å². The number of thioether (sulfide) groups is 1. The molecule has 92 valence electrons. The lowest BCUT2D eigenvalue weighted by Crippen LogP contribution is -2.48. The van der Waals surface area contributed by atoms with Crippen molar-refractivity contribution in [3.05, 3.63) is 0 Å². The number of hydrogen-bond donors (Lipinski definition) is 2. The van der Waals surface area contributed by atoms with Crippen LogP contribution in [0.2, 0.25) is 0 Å². The number of rotatable bonds is 4. The second kappa shape index (κ2) is 6.10. The Morgan fingerprint density at radius 3 is 2.88 bits per heavy atom. The van der Waals surface area contributed by atoms with Crippen LogP contribution < -0.4 is 5.73 Å². The monoisotopic (exact) mass is 246 g/mol. The first-order valence-corrected chi connectivity index (χ1v) is 6.43. The maximum Gasteiger partial charge on any atom is 0.303 e. The first-order valence-electron chi connectivity index (χ1n) is 5.38. The predicted octanol–water partition coefficient (Wildman–Crippen LogP) is 0.142. The topological polar surface area (TPSA) is 83.6 Å². The molecule has 2 unspecified atom stereocenters. The number of amides is 1. The zero-order valence-corrected chi connectivity index (χ0v) is 10.2. The van der Waals surface area contributed by atoms with E-state index in [1.165, 1.54) is 0 Å². The van der Waals surface area contributed by atoms with Gasteiger partial charge in [-0.3, -0.25) is 9.59 Å². The van der Waals surface area contributed by atoms with Gasteiger partial charge >= 0.3 is 5.97 Å². The quantitative estimate of drug-likeness (QED) is 0.737.